The molecule has 178 valence electrons. The zero-order valence-corrected chi connectivity index (χ0v) is 20.7. The molecule has 2 aromatic heterocycles. The second kappa shape index (κ2) is 9.03. The third kappa shape index (κ3) is 4.10. The Kier molecular flexibility index (Phi) is 5.90. The number of hydrogen-bond donors (Lipinski definition) is 1. The van der Waals surface area contributed by atoms with Crippen LogP contribution >= 0.6 is 11.3 Å². The number of H-pyrrole nitrogens is 1. The number of fused-ring (bicyclic) bond motifs is 2. The molecular formula is C27H25N3O4S. The summed E-state index contributed by atoms with van der Waals surface area (Å²) in [4.78, 5) is 35.4. The first-order valence-electron chi connectivity index (χ1n) is 11.3. The molecule has 0 bridgehead atoms. The number of rotatable bonds is 5. The van der Waals surface area contributed by atoms with E-state index in [2.05, 4.69) is 9.98 Å². The summed E-state index contributed by atoms with van der Waals surface area (Å²) < 4.78 is 13.1. The molecule has 0 radical (unpaired) electrons. The van der Waals surface area contributed by atoms with Gasteiger partial charge in [-0.2, -0.15) is 0 Å². The van der Waals surface area contributed by atoms with Gasteiger partial charge in [0, 0.05) is 22.7 Å². The van der Waals surface area contributed by atoms with E-state index in [4.69, 9.17) is 9.47 Å². The highest BCUT2D eigenvalue weighted by Crippen LogP contribution is 2.32. The maximum atomic E-state index is 13.8. The molecule has 0 amide bonds. The van der Waals surface area contributed by atoms with E-state index in [-0.39, 0.29) is 11.7 Å². The summed E-state index contributed by atoms with van der Waals surface area (Å²) in [5.74, 6) is 0.148. The number of nitrogens with zero attached hydrogens (tertiary/aromatic N) is 2. The summed E-state index contributed by atoms with van der Waals surface area (Å²) in [5, 5.41) is 1.03. The molecule has 1 aliphatic heterocycles. The number of carbonyl (C=O) groups excluding carboxylic acids is 1. The quantitative estimate of drug-likeness (QED) is 0.435. The first-order valence-corrected chi connectivity index (χ1v) is 12.1. The second-order valence-corrected chi connectivity index (χ2v) is 9.61. The monoisotopic (exact) mass is 487 g/mol. The van der Waals surface area contributed by atoms with E-state index in [1.54, 1.807) is 32.4 Å². The number of hydrogen-bond acceptors (Lipinski definition) is 6. The molecule has 1 N–H and O–H groups in total. The first-order chi connectivity index (χ1) is 16.9. The number of esters is 1. The van der Waals surface area contributed by atoms with Crippen LogP contribution in [0.15, 0.2) is 75.8 Å². The van der Waals surface area contributed by atoms with Gasteiger partial charge in [0.2, 0.25) is 0 Å². The molecule has 1 atom stereocenters. The predicted molar refractivity (Wildman–Crippen MR) is 136 cm³/mol. The summed E-state index contributed by atoms with van der Waals surface area (Å²) in [6.07, 6.45) is 3.45. The topological polar surface area (TPSA) is 85.7 Å². The van der Waals surface area contributed by atoms with Crippen LogP contribution < -0.4 is 19.6 Å². The number of aromatic amines is 1. The van der Waals surface area contributed by atoms with Crippen molar-refractivity contribution in [2.75, 3.05) is 7.11 Å². The van der Waals surface area contributed by atoms with Gasteiger partial charge < -0.3 is 14.5 Å². The van der Waals surface area contributed by atoms with Crippen molar-refractivity contribution in [3.8, 4) is 5.75 Å². The molecule has 8 heteroatoms. The average molecular weight is 488 g/mol. The molecule has 7 nitrogen and oxygen atoms in total. The van der Waals surface area contributed by atoms with Crippen LogP contribution in [-0.4, -0.2) is 28.7 Å². The van der Waals surface area contributed by atoms with Gasteiger partial charge in [0.05, 0.1) is 35.1 Å². The molecule has 0 saturated carbocycles. The van der Waals surface area contributed by atoms with Gasteiger partial charge in [0.25, 0.3) is 5.56 Å². The zero-order valence-electron chi connectivity index (χ0n) is 19.9. The van der Waals surface area contributed by atoms with Crippen molar-refractivity contribution >= 4 is 34.3 Å². The summed E-state index contributed by atoms with van der Waals surface area (Å²) in [5.41, 5.74) is 3.32. The molecule has 0 saturated heterocycles. The summed E-state index contributed by atoms with van der Waals surface area (Å²) in [6, 6.07) is 14.6. The van der Waals surface area contributed by atoms with Crippen LogP contribution in [0.1, 0.15) is 37.9 Å². The third-order valence-corrected chi connectivity index (χ3v) is 6.88. The number of thiazole rings is 1. The SMILES string of the molecule is COc1cccc(C2C(C(=O)OC(C)C)=C(C)N=c3s/c(=C/c4c[nH]c5ccccc45)c(=O)n32)c1. The predicted octanol–water partition coefficient (Wildman–Crippen LogP) is 3.68. The van der Waals surface area contributed by atoms with Crippen molar-refractivity contribution in [3.05, 3.63) is 96.8 Å². The number of ether oxygens (including phenoxy) is 2. The number of nitrogens with one attached hydrogen (secondary N) is 1. The Balaban J connectivity index is 1.74. The molecule has 1 aliphatic rings. The zero-order chi connectivity index (χ0) is 24.7. The Bertz CT molecular complexity index is 1660. The van der Waals surface area contributed by atoms with Crippen molar-refractivity contribution in [2.45, 2.75) is 32.9 Å². The minimum Gasteiger partial charge on any atom is -0.497 e. The average Bonchev–Trinajstić information content (AvgIpc) is 3.38. The lowest BCUT2D eigenvalue weighted by Gasteiger charge is -2.25. The highest BCUT2D eigenvalue weighted by Gasteiger charge is 2.34. The molecule has 4 aromatic rings. The van der Waals surface area contributed by atoms with Gasteiger partial charge in [0.1, 0.15) is 5.75 Å². The lowest BCUT2D eigenvalue weighted by molar-refractivity contribution is -0.143. The lowest BCUT2D eigenvalue weighted by Crippen LogP contribution is -2.40. The van der Waals surface area contributed by atoms with Gasteiger partial charge in [-0.3, -0.25) is 9.36 Å². The van der Waals surface area contributed by atoms with Gasteiger partial charge in [-0.05, 0) is 50.6 Å². The Morgan fingerprint density at radius 2 is 2.00 bits per heavy atom. The molecule has 1 unspecified atom stereocenters. The van der Waals surface area contributed by atoms with E-state index in [0.717, 1.165) is 22.0 Å². The van der Waals surface area contributed by atoms with E-state index in [9.17, 15) is 9.59 Å². The van der Waals surface area contributed by atoms with Gasteiger partial charge in [-0.25, -0.2) is 9.79 Å². The van der Waals surface area contributed by atoms with Crippen molar-refractivity contribution in [3.63, 3.8) is 0 Å². The van der Waals surface area contributed by atoms with Crippen molar-refractivity contribution < 1.29 is 14.3 Å². The molecule has 35 heavy (non-hydrogen) atoms. The molecular weight excluding hydrogens is 462 g/mol. The highest BCUT2D eigenvalue weighted by atomic mass is 32.1. The summed E-state index contributed by atoms with van der Waals surface area (Å²) in [6.45, 7) is 5.37. The van der Waals surface area contributed by atoms with Crippen LogP contribution in [0.4, 0.5) is 0 Å². The molecule has 2 aromatic carbocycles. The Hall–Kier alpha value is -3.91. The normalized spacial score (nSPS) is 15.9. The fourth-order valence-corrected chi connectivity index (χ4v) is 5.38. The molecule has 3 heterocycles. The Labute approximate surface area is 205 Å². The highest BCUT2D eigenvalue weighted by molar-refractivity contribution is 7.07. The number of carbonyl (C=O) groups is 1. The fraction of sp³-hybridized carbons (Fsp3) is 0.222. The van der Waals surface area contributed by atoms with E-state index in [1.807, 2.05) is 60.8 Å². The summed E-state index contributed by atoms with van der Waals surface area (Å²) in [7, 11) is 1.58. The van der Waals surface area contributed by atoms with Gasteiger partial charge >= 0.3 is 5.97 Å². The van der Waals surface area contributed by atoms with Gasteiger partial charge in [0.15, 0.2) is 4.80 Å². The van der Waals surface area contributed by atoms with Gasteiger partial charge in [-0.1, -0.05) is 41.7 Å². The Morgan fingerprint density at radius 1 is 1.20 bits per heavy atom. The van der Waals surface area contributed by atoms with E-state index in [0.29, 0.717) is 26.4 Å². The van der Waals surface area contributed by atoms with Crippen molar-refractivity contribution in [2.24, 2.45) is 4.99 Å². The van der Waals surface area contributed by atoms with Crippen LogP contribution in [0, 0.1) is 0 Å². The third-order valence-electron chi connectivity index (χ3n) is 5.90. The summed E-state index contributed by atoms with van der Waals surface area (Å²) >= 11 is 1.31. The van der Waals surface area contributed by atoms with Crippen LogP contribution in [0.2, 0.25) is 0 Å². The number of para-hydroxylation sites is 1. The number of benzene rings is 2. The Morgan fingerprint density at radius 3 is 2.77 bits per heavy atom. The van der Waals surface area contributed by atoms with Crippen molar-refractivity contribution in [1.29, 1.82) is 0 Å². The lowest BCUT2D eigenvalue weighted by atomic mass is 9.95. The van der Waals surface area contributed by atoms with E-state index < -0.39 is 12.0 Å². The van der Waals surface area contributed by atoms with Crippen LogP contribution in [0.25, 0.3) is 17.0 Å². The van der Waals surface area contributed by atoms with Crippen LogP contribution in [0.5, 0.6) is 5.75 Å². The van der Waals surface area contributed by atoms with E-state index in [1.165, 1.54) is 11.3 Å². The molecule has 0 spiro atoms. The maximum Gasteiger partial charge on any atom is 0.338 e. The fourth-order valence-electron chi connectivity index (χ4n) is 4.34. The second-order valence-electron chi connectivity index (χ2n) is 8.60. The van der Waals surface area contributed by atoms with Crippen LogP contribution in [0.3, 0.4) is 0 Å². The first kappa shape index (κ1) is 22.9. The number of methoxy groups -OCH3 is 1. The maximum absolute atomic E-state index is 13.8. The molecule has 5 rings (SSSR count). The van der Waals surface area contributed by atoms with E-state index >= 15 is 0 Å². The molecule has 0 aliphatic carbocycles. The smallest absolute Gasteiger partial charge is 0.338 e. The van der Waals surface area contributed by atoms with Crippen molar-refractivity contribution in [1.82, 2.24) is 9.55 Å². The minimum absolute atomic E-state index is 0.214. The molecule has 0 fully saturated rings. The standard InChI is InChI=1S/C27H25N3O4S/c1-15(2)34-26(32)23-16(3)29-27-30(24(23)17-8-7-9-19(12-17)33-4)25(31)22(35-27)13-18-14-28-21-11-6-5-10-20(18)21/h5-15,24,28H,1-4H3/b22-13+. The largest absolute Gasteiger partial charge is 0.497 e. The number of aromatic nitrogens is 2. The van der Waals surface area contributed by atoms with Crippen LogP contribution in [-0.2, 0) is 9.53 Å². The van der Waals surface area contributed by atoms with Gasteiger partial charge in [-0.15, -0.1) is 0 Å². The minimum atomic E-state index is -0.683. The number of allylic oxidation sites excluding steroid dienone is 1.